The number of methoxy groups -OCH3 is 1. The van der Waals surface area contributed by atoms with E-state index in [1.807, 2.05) is 30.3 Å². The van der Waals surface area contributed by atoms with Gasteiger partial charge in [0.25, 0.3) is 0 Å². The maximum absolute atomic E-state index is 11.5. The molecule has 1 amide bonds. The van der Waals surface area contributed by atoms with Crippen LogP contribution < -0.4 is 4.74 Å². The van der Waals surface area contributed by atoms with Crippen molar-refractivity contribution in [2.45, 2.75) is 13.0 Å². The average molecular weight is 248 g/mol. The normalized spacial score (nSPS) is 9.39. The Morgan fingerprint density at radius 2 is 2.28 bits per heavy atom. The SMILES string of the molecule is COc1cccc(COC(=O)N(C)CCC#N)c1. The van der Waals surface area contributed by atoms with Crippen molar-refractivity contribution < 1.29 is 14.3 Å². The van der Waals surface area contributed by atoms with Gasteiger partial charge in [-0.05, 0) is 17.7 Å². The summed E-state index contributed by atoms with van der Waals surface area (Å²) in [6.45, 7) is 0.556. The summed E-state index contributed by atoms with van der Waals surface area (Å²) in [7, 11) is 3.19. The number of nitrogens with zero attached hydrogens (tertiary/aromatic N) is 2. The highest BCUT2D eigenvalue weighted by Crippen LogP contribution is 2.13. The van der Waals surface area contributed by atoms with Crippen LogP contribution in [0.3, 0.4) is 0 Å². The Morgan fingerprint density at radius 1 is 1.50 bits per heavy atom. The smallest absolute Gasteiger partial charge is 0.409 e. The van der Waals surface area contributed by atoms with Gasteiger partial charge in [0.15, 0.2) is 0 Å². The molecule has 0 saturated heterocycles. The zero-order valence-corrected chi connectivity index (χ0v) is 10.5. The molecule has 0 radical (unpaired) electrons. The first-order chi connectivity index (χ1) is 8.67. The molecular weight excluding hydrogens is 232 g/mol. The molecule has 0 heterocycles. The van der Waals surface area contributed by atoms with E-state index in [-0.39, 0.29) is 6.61 Å². The summed E-state index contributed by atoms with van der Waals surface area (Å²) in [6, 6.07) is 9.30. The molecule has 0 aromatic heterocycles. The van der Waals surface area contributed by atoms with Crippen molar-refractivity contribution in [3.8, 4) is 11.8 Å². The third-order valence-corrected chi connectivity index (χ3v) is 2.37. The van der Waals surface area contributed by atoms with Gasteiger partial charge in [-0.3, -0.25) is 0 Å². The van der Waals surface area contributed by atoms with E-state index in [0.29, 0.717) is 13.0 Å². The van der Waals surface area contributed by atoms with Crippen LogP contribution in [0.2, 0.25) is 0 Å². The summed E-state index contributed by atoms with van der Waals surface area (Å²) >= 11 is 0. The molecule has 0 fully saturated rings. The summed E-state index contributed by atoms with van der Waals surface area (Å²) in [5.41, 5.74) is 0.858. The van der Waals surface area contributed by atoms with Gasteiger partial charge in [-0.1, -0.05) is 12.1 Å². The topological polar surface area (TPSA) is 62.6 Å². The number of benzene rings is 1. The van der Waals surface area contributed by atoms with E-state index in [0.717, 1.165) is 11.3 Å². The van der Waals surface area contributed by atoms with Crippen molar-refractivity contribution >= 4 is 6.09 Å². The highest BCUT2D eigenvalue weighted by atomic mass is 16.6. The molecule has 0 spiro atoms. The number of amides is 1. The van der Waals surface area contributed by atoms with Crippen molar-refractivity contribution in [3.63, 3.8) is 0 Å². The van der Waals surface area contributed by atoms with Crippen LogP contribution in [0.5, 0.6) is 5.75 Å². The van der Waals surface area contributed by atoms with E-state index in [2.05, 4.69) is 0 Å². The molecule has 1 rings (SSSR count). The van der Waals surface area contributed by atoms with Crippen molar-refractivity contribution in [3.05, 3.63) is 29.8 Å². The molecule has 0 aliphatic rings. The molecule has 0 bridgehead atoms. The van der Waals surface area contributed by atoms with Crippen LogP contribution in [0.4, 0.5) is 4.79 Å². The van der Waals surface area contributed by atoms with Gasteiger partial charge >= 0.3 is 6.09 Å². The maximum atomic E-state index is 11.5. The lowest BCUT2D eigenvalue weighted by molar-refractivity contribution is 0.105. The quantitative estimate of drug-likeness (QED) is 0.801. The van der Waals surface area contributed by atoms with Gasteiger partial charge in [0.2, 0.25) is 0 Å². The Labute approximate surface area is 107 Å². The third-order valence-electron chi connectivity index (χ3n) is 2.37. The molecule has 0 aliphatic heterocycles. The molecule has 1 aromatic carbocycles. The van der Waals surface area contributed by atoms with Gasteiger partial charge in [0, 0.05) is 13.6 Å². The summed E-state index contributed by atoms with van der Waals surface area (Å²) < 4.78 is 10.2. The molecule has 0 N–H and O–H groups in total. The molecule has 0 unspecified atom stereocenters. The first kappa shape index (κ1) is 13.8. The number of nitriles is 1. The minimum Gasteiger partial charge on any atom is -0.497 e. The molecule has 0 aliphatic carbocycles. The fourth-order valence-electron chi connectivity index (χ4n) is 1.33. The molecule has 96 valence electrons. The highest BCUT2D eigenvalue weighted by molar-refractivity contribution is 5.67. The van der Waals surface area contributed by atoms with Crippen molar-refractivity contribution in [2.24, 2.45) is 0 Å². The Kier molecular flexibility index (Phi) is 5.52. The summed E-state index contributed by atoms with van der Waals surface area (Å²) in [6.07, 6.45) is -0.141. The van der Waals surface area contributed by atoms with Crippen LogP contribution in [0, 0.1) is 11.3 Å². The first-order valence-electron chi connectivity index (χ1n) is 5.55. The Morgan fingerprint density at radius 3 is 2.94 bits per heavy atom. The standard InChI is InChI=1S/C13H16N2O3/c1-15(8-4-7-14)13(16)18-10-11-5-3-6-12(9-11)17-2/h3,5-6,9H,4,8,10H2,1-2H3. The van der Waals surface area contributed by atoms with E-state index >= 15 is 0 Å². The van der Waals surface area contributed by atoms with Crippen molar-refractivity contribution in [1.29, 1.82) is 5.26 Å². The summed E-state index contributed by atoms with van der Waals surface area (Å²) in [5.74, 6) is 0.724. The molecule has 18 heavy (non-hydrogen) atoms. The second-order valence-electron chi connectivity index (χ2n) is 3.74. The van der Waals surface area contributed by atoms with Crippen LogP contribution >= 0.6 is 0 Å². The lowest BCUT2D eigenvalue weighted by Gasteiger charge is -2.15. The van der Waals surface area contributed by atoms with Crippen LogP contribution in [-0.2, 0) is 11.3 Å². The number of carbonyl (C=O) groups excluding carboxylic acids is 1. The highest BCUT2D eigenvalue weighted by Gasteiger charge is 2.09. The summed E-state index contributed by atoms with van der Waals surface area (Å²) in [5, 5.41) is 8.42. The molecule has 0 atom stereocenters. The Hall–Kier alpha value is -2.22. The third kappa shape index (κ3) is 4.34. The number of rotatable bonds is 5. The Bertz CT molecular complexity index is 440. The van der Waals surface area contributed by atoms with E-state index in [1.165, 1.54) is 4.90 Å². The zero-order chi connectivity index (χ0) is 13.4. The fraction of sp³-hybridized carbons (Fsp3) is 0.385. The molecule has 0 saturated carbocycles. The van der Waals surface area contributed by atoms with E-state index in [4.69, 9.17) is 14.7 Å². The van der Waals surface area contributed by atoms with Gasteiger partial charge < -0.3 is 14.4 Å². The van der Waals surface area contributed by atoms with Gasteiger partial charge in [-0.25, -0.2) is 4.79 Å². The molecule has 5 nitrogen and oxygen atoms in total. The molecular formula is C13H16N2O3. The van der Waals surface area contributed by atoms with Crippen molar-refractivity contribution in [1.82, 2.24) is 4.90 Å². The lowest BCUT2D eigenvalue weighted by atomic mass is 10.2. The van der Waals surface area contributed by atoms with Crippen LogP contribution in [0.15, 0.2) is 24.3 Å². The first-order valence-corrected chi connectivity index (χ1v) is 5.55. The number of hydrogen-bond acceptors (Lipinski definition) is 4. The van der Waals surface area contributed by atoms with Crippen molar-refractivity contribution in [2.75, 3.05) is 20.7 Å². The number of hydrogen-bond donors (Lipinski definition) is 0. The van der Waals surface area contributed by atoms with Crippen LogP contribution in [0.25, 0.3) is 0 Å². The van der Waals surface area contributed by atoms with E-state index in [1.54, 1.807) is 14.2 Å². The summed E-state index contributed by atoms with van der Waals surface area (Å²) in [4.78, 5) is 12.9. The monoisotopic (exact) mass is 248 g/mol. The van der Waals surface area contributed by atoms with Gasteiger partial charge in [-0.15, -0.1) is 0 Å². The van der Waals surface area contributed by atoms with Crippen LogP contribution in [0.1, 0.15) is 12.0 Å². The minimum atomic E-state index is -0.437. The molecule has 1 aromatic rings. The zero-order valence-electron chi connectivity index (χ0n) is 10.5. The maximum Gasteiger partial charge on any atom is 0.409 e. The second-order valence-corrected chi connectivity index (χ2v) is 3.74. The predicted octanol–water partition coefficient (Wildman–Crippen LogP) is 2.18. The van der Waals surface area contributed by atoms with E-state index < -0.39 is 6.09 Å². The molecule has 5 heteroatoms. The number of carbonyl (C=O) groups is 1. The Balaban J connectivity index is 2.44. The minimum absolute atomic E-state index is 0.187. The van der Waals surface area contributed by atoms with Gasteiger partial charge in [0.1, 0.15) is 12.4 Å². The fourth-order valence-corrected chi connectivity index (χ4v) is 1.33. The van der Waals surface area contributed by atoms with Gasteiger partial charge in [-0.2, -0.15) is 5.26 Å². The number of ether oxygens (including phenoxy) is 2. The largest absolute Gasteiger partial charge is 0.497 e. The second kappa shape index (κ2) is 7.17. The van der Waals surface area contributed by atoms with Crippen LogP contribution in [-0.4, -0.2) is 31.7 Å². The van der Waals surface area contributed by atoms with Gasteiger partial charge in [0.05, 0.1) is 19.6 Å². The lowest BCUT2D eigenvalue weighted by Crippen LogP contribution is -2.28. The predicted molar refractivity (Wildman–Crippen MR) is 66.0 cm³/mol. The van der Waals surface area contributed by atoms with E-state index in [9.17, 15) is 4.79 Å². The average Bonchev–Trinajstić information content (AvgIpc) is 2.42.